The van der Waals surface area contributed by atoms with Crippen LogP contribution in [0.5, 0.6) is 0 Å². The first-order valence-corrected chi connectivity index (χ1v) is 7.77. The van der Waals surface area contributed by atoms with Gasteiger partial charge in [-0.25, -0.2) is 0 Å². The first-order valence-electron chi connectivity index (χ1n) is 7.77. The fraction of sp³-hybridized carbons (Fsp3) is 0.529. The maximum Gasteiger partial charge on any atom is 0.248 e. The Balaban J connectivity index is 1.89. The minimum absolute atomic E-state index is 0.00770. The third kappa shape index (κ3) is 2.67. The molecule has 1 atom stereocenters. The highest BCUT2D eigenvalue weighted by atomic mass is 16.2. The molecule has 1 saturated carbocycles. The standard InChI is InChI=1S/C17H22N2O2/c1-13-11-15(20)18-17(9-5-6-10-17)16(21)19(13)12-14-7-3-2-4-8-14/h2-4,7-8,13H,5-6,9-12H2,1H3,(H,18,20). The number of benzene rings is 1. The maximum absolute atomic E-state index is 13.0. The van der Waals surface area contributed by atoms with Crippen LogP contribution in [0.4, 0.5) is 0 Å². The second-order valence-electron chi connectivity index (χ2n) is 6.31. The molecule has 0 bridgehead atoms. The van der Waals surface area contributed by atoms with Crippen LogP contribution in [0.3, 0.4) is 0 Å². The van der Waals surface area contributed by atoms with Crippen molar-refractivity contribution in [1.82, 2.24) is 10.2 Å². The van der Waals surface area contributed by atoms with Gasteiger partial charge in [-0.1, -0.05) is 43.2 Å². The Labute approximate surface area is 125 Å². The average molecular weight is 286 g/mol. The molecule has 21 heavy (non-hydrogen) atoms. The number of amides is 2. The second kappa shape index (κ2) is 5.51. The van der Waals surface area contributed by atoms with E-state index in [2.05, 4.69) is 5.32 Å². The fourth-order valence-electron chi connectivity index (χ4n) is 3.55. The second-order valence-corrected chi connectivity index (χ2v) is 6.31. The first-order chi connectivity index (χ1) is 10.1. The summed E-state index contributed by atoms with van der Waals surface area (Å²) >= 11 is 0. The van der Waals surface area contributed by atoms with Crippen molar-refractivity contribution in [2.75, 3.05) is 0 Å². The SMILES string of the molecule is CC1CC(=O)NC2(CCCC2)C(=O)N1Cc1ccccc1. The highest BCUT2D eigenvalue weighted by molar-refractivity contribution is 5.94. The third-order valence-electron chi connectivity index (χ3n) is 4.71. The molecule has 0 aromatic heterocycles. The van der Waals surface area contributed by atoms with E-state index in [0.717, 1.165) is 31.2 Å². The van der Waals surface area contributed by atoms with E-state index in [1.54, 1.807) is 0 Å². The quantitative estimate of drug-likeness (QED) is 0.906. The molecule has 4 heteroatoms. The Morgan fingerprint density at radius 1 is 1.19 bits per heavy atom. The van der Waals surface area contributed by atoms with E-state index in [0.29, 0.717) is 13.0 Å². The zero-order chi connectivity index (χ0) is 14.9. The van der Waals surface area contributed by atoms with E-state index in [4.69, 9.17) is 0 Å². The predicted molar refractivity (Wildman–Crippen MR) is 80.4 cm³/mol. The number of carbonyl (C=O) groups excluding carboxylic acids is 2. The molecule has 4 nitrogen and oxygen atoms in total. The van der Waals surface area contributed by atoms with Gasteiger partial charge in [-0.3, -0.25) is 9.59 Å². The van der Waals surface area contributed by atoms with Crippen LogP contribution < -0.4 is 5.32 Å². The zero-order valence-electron chi connectivity index (χ0n) is 12.5. The zero-order valence-corrected chi connectivity index (χ0v) is 12.5. The molecular formula is C17H22N2O2. The summed E-state index contributed by atoms with van der Waals surface area (Å²) in [6, 6.07) is 9.94. The van der Waals surface area contributed by atoms with Gasteiger partial charge in [-0.05, 0) is 25.3 Å². The summed E-state index contributed by atoms with van der Waals surface area (Å²) in [4.78, 5) is 27.0. The molecule has 1 heterocycles. The summed E-state index contributed by atoms with van der Waals surface area (Å²) in [7, 11) is 0. The fourth-order valence-corrected chi connectivity index (χ4v) is 3.55. The van der Waals surface area contributed by atoms with Crippen molar-refractivity contribution in [1.29, 1.82) is 0 Å². The van der Waals surface area contributed by atoms with Crippen molar-refractivity contribution in [3.8, 4) is 0 Å². The lowest BCUT2D eigenvalue weighted by Crippen LogP contribution is -2.55. The van der Waals surface area contributed by atoms with E-state index in [9.17, 15) is 9.59 Å². The summed E-state index contributed by atoms with van der Waals surface area (Å²) in [6.45, 7) is 2.55. The number of nitrogens with zero attached hydrogens (tertiary/aromatic N) is 1. The van der Waals surface area contributed by atoms with Gasteiger partial charge in [0.1, 0.15) is 5.54 Å². The highest BCUT2D eigenvalue weighted by Gasteiger charge is 2.47. The molecule has 1 spiro atoms. The van der Waals surface area contributed by atoms with Crippen LogP contribution in [-0.4, -0.2) is 28.3 Å². The van der Waals surface area contributed by atoms with Gasteiger partial charge in [0.05, 0.1) is 0 Å². The summed E-state index contributed by atoms with van der Waals surface area (Å²) < 4.78 is 0. The number of nitrogens with one attached hydrogen (secondary N) is 1. The smallest absolute Gasteiger partial charge is 0.248 e. The molecule has 112 valence electrons. The number of hydrogen-bond donors (Lipinski definition) is 1. The Bertz CT molecular complexity index is 535. The van der Waals surface area contributed by atoms with E-state index in [1.165, 1.54) is 0 Å². The normalized spacial score (nSPS) is 25.0. The molecule has 3 rings (SSSR count). The topological polar surface area (TPSA) is 49.4 Å². The molecular weight excluding hydrogens is 264 g/mol. The minimum Gasteiger partial charge on any atom is -0.342 e. The predicted octanol–water partition coefficient (Wildman–Crippen LogP) is 2.24. The van der Waals surface area contributed by atoms with Gasteiger partial charge in [0.2, 0.25) is 11.8 Å². The molecule has 1 saturated heterocycles. The molecule has 1 N–H and O–H groups in total. The number of rotatable bonds is 2. The first kappa shape index (κ1) is 14.1. The van der Waals surface area contributed by atoms with Crippen LogP contribution >= 0.6 is 0 Å². The van der Waals surface area contributed by atoms with Crippen LogP contribution in [0.25, 0.3) is 0 Å². The van der Waals surface area contributed by atoms with Crippen molar-refractivity contribution in [2.45, 2.75) is 57.2 Å². The van der Waals surface area contributed by atoms with Gasteiger partial charge in [0.25, 0.3) is 0 Å². The van der Waals surface area contributed by atoms with Crippen molar-refractivity contribution in [2.24, 2.45) is 0 Å². The molecule has 1 unspecified atom stereocenters. The van der Waals surface area contributed by atoms with Gasteiger partial charge >= 0.3 is 0 Å². The monoisotopic (exact) mass is 286 g/mol. The van der Waals surface area contributed by atoms with Crippen LogP contribution in [0.2, 0.25) is 0 Å². The van der Waals surface area contributed by atoms with Crippen molar-refractivity contribution in [3.05, 3.63) is 35.9 Å². The molecule has 0 radical (unpaired) electrons. The molecule has 1 aliphatic carbocycles. The highest BCUT2D eigenvalue weighted by Crippen LogP contribution is 2.34. The van der Waals surface area contributed by atoms with E-state index < -0.39 is 5.54 Å². The van der Waals surface area contributed by atoms with E-state index >= 15 is 0 Å². The molecule has 2 amide bonds. The lowest BCUT2D eigenvalue weighted by atomic mass is 9.95. The summed E-state index contributed by atoms with van der Waals surface area (Å²) in [6.07, 6.45) is 3.96. The largest absolute Gasteiger partial charge is 0.342 e. The lowest BCUT2D eigenvalue weighted by molar-refractivity contribution is -0.140. The Kier molecular flexibility index (Phi) is 3.70. The van der Waals surface area contributed by atoms with E-state index in [-0.39, 0.29) is 17.9 Å². The number of hydrogen-bond acceptors (Lipinski definition) is 2. The summed E-state index contributed by atoms with van der Waals surface area (Å²) in [5.74, 6) is 0.107. The van der Waals surface area contributed by atoms with Crippen LogP contribution in [0, 0.1) is 0 Å². The number of carbonyl (C=O) groups is 2. The summed E-state index contributed by atoms with van der Waals surface area (Å²) in [5.41, 5.74) is 0.469. The van der Waals surface area contributed by atoms with Crippen molar-refractivity contribution in [3.63, 3.8) is 0 Å². The molecule has 2 aliphatic rings. The van der Waals surface area contributed by atoms with Crippen LogP contribution in [0.15, 0.2) is 30.3 Å². The Morgan fingerprint density at radius 3 is 2.52 bits per heavy atom. The third-order valence-corrected chi connectivity index (χ3v) is 4.71. The minimum atomic E-state index is -0.642. The molecule has 1 aromatic carbocycles. The maximum atomic E-state index is 13.0. The molecule has 1 aromatic rings. The average Bonchev–Trinajstić information content (AvgIpc) is 2.91. The Morgan fingerprint density at radius 2 is 1.86 bits per heavy atom. The van der Waals surface area contributed by atoms with Crippen molar-refractivity contribution < 1.29 is 9.59 Å². The van der Waals surface area contributed by atoms with Crippen LogP contribution in [0.1, 0.15) is 44.6 Å². The Hall–Kier alpha value is -1.84. The summed E-state index contributed by atoms with van der Waals surface area (Å²) in [5, 5.41) is 3.02. The molecule has 1 aliphatic heterocycles. The van der Waals surface area contributed by atoms with Crippen molar-refractivity contribution >= 4 is 11.8 Å². The van der Waals surface area contributed by atoms with E-state index in [1.807, 2.05) is 42.2 Å². The van der Waals surface area contributed by atoms with Gasteiger partial charge in [0, 0.05) is 19.0 Å². The lowest BCUT2D eigenvalue weighted by Gasteiger charge is -2.34. The van der Waals surface area contributed by atoms with Gasteiger partial charge in [-0.2, -0.15) is 0 Å². The van der Waals surface area contributed by atoms with Crippen LogP contribution in [-0.2, 0) is 16.1 Å². The van der Waals surface area contributed by atoms with Gasteiger partial charge in [-0.15, -0.1) is 0 Å². The van der Waals surface area contributed by atoms with Gasteiger partial charge in [0.15, 0.2) is 0 Å². The molecule has 2 fully saturated rings. The van der Waals surface area contributed by atoms with Gasteiger partial charge < -0.3 is 10.2 Å².